The highest BCUT2D eigenvalue weighted by atomic mass is 28.3. The van der Waals surface area contributed by atoms with Gasteiger partial charge in [-0.3, -0.25) is 0 Å². The van der Waals surface area contributed by atoms with Crippen LogP contribution >= 0.6 is 0 Å². The van der Waals surface area contributed by atoms with Crippen LogP contribution in [0.1, 0.15) is 129 Å². The van der Waals surface area contributed by atoms with E-state index in [1.54, 1.807) is 14.2 Å². The molecule has 4 heteroatoms. The minimum absolute atomic E-state index is 0.789. The van der Waals surface area contributed by atoms with Crippen molar-refractivity contribution in [3.05, 3.63) is 0 Å². The Bertz CT molecular complexity index is 260. The highest BCUT2D eigenvalue weighted by Gasteiger charge is 2.09. The predicted molar refractivity (Wildman–Crippen MR) is 121 cm³/mol. The first kappa shape index (κ1) is 27.1. The summed E-state index contributed by atoms with van der Waals surface area (Å²) in [7, 11) is 1.54. The Labute approximate surface area is 172 Å². The molecule has 0 aromatic heterocycles. The van der Waals surface area contributed by atoms with Gasteiger partial charge in [0.05, 0.1) is 0 Å². The summed E-state index contributed by atoms with van der Waals surface area (Å²) in [6.45, 7) is 3.08. The summed E-state index contributed by atoms with van der Waals surface area (Å²) < 4.78 is 15.8. The number of unbranched alkanes of at least 4 members (excludes halogenated alkanes) is 18. The van der Waals surface area contributed by atoms with E-state index in [1.165, 1.54) is 116 Å². The van der Waals surface area contributed by atoms with Gasteiger partial charge in [-0.25, -0.2) is 0 Å². The standard InChI is InChI=1S/C23H50O3Si/c1-4-5-6-7-8-9-10-11-12-13-14-15-16-17-18-19-20-21-22-23-26-27(24-2)25-3/h27H,4-23H2,1-3H3. The number of hydrogen-bond acceptors (Lipinski definition) is 3. The van der Waals surface area contributed by atoms with E-state index in [9.17, 15) is 0 Å². The summed E-state index contributed by atoms with van der Waals surface area (Å²) in [5.74, 6) is 0. The van der Waals surface area contributed by atoms with Crippen molar-refractivity contribution in [1.29, 1.82) is 0 Å². The molecular formula is C23H50O3Si. The van der Waals surface area contributed by atoms with Gasteiger partial charge in [0.25, 0.3) is 0 Å². The van der Waals surface area contributed by atoms with E-state index in [4.69, 9.17) is 13.3 Å². The normalized spacial score (nSPS) is 11.6. The van der Waals surface area contributed by atoms with Crippen molar-refractivity contribution >= 4 is 9.53 Å². The molecule has 164 valence electrons. The van der Waals surface area contributed by atoms with E-state index < -0.39 is 9.53 Å². The highest BCUT2D eigenvalue weighted by Crippen LogP contribution is 2.14. The van der Waals surface area contributed by atoms with Gasteiger partial charge in [0.2, 0.25) is 0 Å². The molecule has 0 aromatic carbocycles. The zero-order chi connectivity index (χ0) is 19.8. The van der Waals surface area contributed by atoms with Gasteiger partial charge in [0, 0.05) is 20.8 Å². The fourth-order valence-electron chi connectivity index (χ4n) is 3.59. The van der Waals surface area contributed by atoms with E-state index in [-0.39, 0.29) is 0 Å². The van der Waals surface area contributed by atoms with Crippen LogP contribution < -0.4 is 0 Å². The van der Waals surface area contributed by atoms with Crippen molar-refractivity contribution in [2.24, 2.45) is 0 Å². The first-order chi connectivity index (χ1) is 13.3. The van der Waals surface area contributed by atoms with Crippen molar-refractivity contribution in [3.63, 3.8) is 0 Å². The van der Waals surface area contributed by atoms with Gasteiger partial charge in [-0.15, -0.1) is 0 Å². The van der Waals surface area contributed by atoms with Crippen molar-refractivity contribution in [2.45, 2.75) is 129 Å². The van der Waals surface area contributed by atoms with E-state index in [1.807, 2.05) is 0 Å². The molecule has 0 aromatic rings. The molecule has 0 aliphatic carbocycles. The lowest BCUT2D eigenvalue weighted by molar-refractivity contribution is 0.133. The monoisotopic (exact) mass is 402 g/mol. The third-order valence-electron chi connectivity index (χ3n) is 5.39. The zero-order valence-electron chi connectivity index (χ0n) is 18.9. The summed E-state index contributed by atoms with van der Waals surface area (Å²) in [5.41, 5.74) is 0. The molecule has 0 bridgehead atoms. The first-order valence-electron chi connectivity index (χ1n) is 12.0. The van der Waals surface area contributed by atoms with Crippen molar-refractivity contribution in [2.75, 3.05) is 20.8 Å². The molecule has 0 amide bonds. The Morgan fingerprint density at radius 2 is 0.741 bits per heavy atom. The maximum Gasteiger partial charge on any atom is 0.483 e. The number of rotatable bonds is 23. The number of hydrogen-bond donors (Lipinski definition) is 0. The Hall–Kier alpha value is 0.0969. The third kappa shape index (κ3) is 22.3. The molecule has 0 unspecified atom stereocenters. The van der Waals surface area contributed by atoms with Crippen LogP contribution in [0.5, 0.6) is 0 Å². The average Bonchev–Trinajstić information content (AvgIpc) is 2.69. The van der Waals surface area contributed by atoms with Crippen LogP contribution in [-0.4, -0.2) is 30.4 Å². The maximum absolute atomic E-state index is 5.57. The van der Waals surface area contributed by atoms with Crippen LogP contribution in [0.15, 0.2) is 0 Å². The van der Waals surface area contributed by atoms with Crippen molar-refractivity contribution in [3.8, 4) is 0 Å². The Kier molecular flexibility index (Phi) is 24.2. The lowest BCUT2D eigenvalue weighted by Gasteiger charge is -2.11. The molecule has 0 spiro atoms. The Morgan fingerprint density at radius 1 is 0.444 bits per heavy atom. The van der Waals surface area contributed by atoms with Gasteiger partial charge in [-0.05, 0) is 6.42 Å². The molecular weight excluding hydrogens is 352 g/mol. The second kappa shape index (κ2) is 24.1. The van der Waals surface area contributed by atoms with Crippen LogP contribution in [-0.2, 0) is 13.3 Å². The fourth-order valence-corrected chi connectivity index (χ4v) is 4.42. The van der Waals surface area contributed by atoms with Crippen LogP contribution in [0, 0.1) is 0 Å². The Balaban J connectivity index is 3.03. The maximum atomic E-state index is 5.57. The summed E-state index contributed by atoms with van der Waals surface area (Å²) in [4.78, 5) is 0. The van der Waals surface area contributed by atoms with Gasteiger partial charge in [-0.2, -0.15) is 0 Å². The van der Waals surface area contributed by atoms with E-state index in [0.29, 0.717) is 0 Å². The molecule has 0 heterocycles. The molecule has 0 N–H and O–H groups in total. The topological polar surface area (TPSA) is 27.7 Å². The molecule has 0 fully saturated rings. The van der Waals surface area contributed by atoms with Crippen molar-refractivity contribution < 1.29 is 13.3 Å². The highest BCUT2D eigenvalue weighted by molar-refractivity contribution is 6.36. The average molecular weight is 403 g/mol. The first-order valence-corrected chi connectivity index (χ1v) is 13.4. The quantitative estimate of drug-likeness (QED) is 0.131. The van der Waals surface area contributed by atoms with Crippen LogP contribution in [0.4, 0.5) is 0 Å². The minimum Gasteiger partial charge on any atom is -0.379 e. The molecule has 0 aliphatic heterocycles. The predicted octanol–water partition coefficient (Wildman–Crippen LogP) is 7.44. The van der Waals surface area contributed by atoms with Crippen LogP contribution in [0.25, 0.3) is 0 Å². The summed E-state index contributed by atoms with van der Waals surface area (Å²) in [6, 6.07) is 0. The molecule has 0 saturated heterocycles. The third-order valence-corrected chi connectivity index (χ3v) is 6.66. The smallest absolute Gasteiger partial charge is 0.379 e. The van der Waals surface area contributed by atoms with E-state index >= 15 is 0 Å². The largest absolute Gasteiger partial charge is 0.483 e. The van der Waals surface area contributed by atoms with Gasteiger partial charge in [0.1, 0.15) is 0 Å². The van der Waals surface area contributed by atoms with E-state index in [0.717, 1.165) is 13.0 Å². The molecule has 0 atom stereocenters. The van der Waals surface area contributed by atoms with Crippen LogP contribution in [0.2, 0.25) is 0 Å². The summed E-state index contributed by atoms with van der Waals surface area (Å²) >= 11 is 0. The van der Waals surface area contributed by atoms with Gasteiger partial charge in [-0.1, -0.05) is 122 Å². The summed E-state index contributed by atoms with van der Waals surface area (Å²) in [6.07, 6.45) is 26.8. The van der Waals surface area contributed by atoms with Gasteiger partial charge in [0.15, 0.2) is 0 Å². The van der Waals surface area contributed by atoms with Crippen LogP contribution in [0.3, 0.4) is 0 Å². The molecule has 3 nitrogen and oxygen atoms in total. The van der Waals surface area contributed by atoms with E-state index in [2.05, 4.69) is 6.92 Å². The zero-order valence-corrected chi connectivity index (χ0v) is 20.1. The second-order valence-electron chi connectivity index (χ2n) is 7.99. The van der Waals surface area contributed by atoms with Crippen molar-refractivity contribution in [1.82, 2.24) is 0 Å². The van der Waals surface area contributed by atoms with Gasteiger partial charge < -0.3 is 13.3 Å². The molecule has 0 radical (unpaired) electrons. The fraction of sp³-hybridized carbons (Fsp3) is 1.00. The summed E-state index contributed by atoms with van der Waals surface area (Å²) in [5, 5.41) is 0. The minimum atomic E-state index is -1.79. The Morgan fingerprint density at radius 3 is 1.04 bits per heavy atom. The molecule has 27 heavy (non-hydrogen) atoms. The lowest BCUT2D eigenvalue weighted by atomic mass is 10.0. The lowest BCUT2D eigenvalue weighted by Crippen LogP contribution is -2.24. The second-order valence-corrected chi connectivity index (χ2v) is 9.85. The molecule has 0 aliphatic rings. The molecule has 0 saturated carbocycles. The van der Waals surface area contributed by atoms with Gasteiger partial charge >= 0.3 is 9.53 Å². The SMILES string of the molecule is CCCCCCCCCCCCCCCCCCCCCO[SiH](OC)OC. The molecule has 0 rings (SSSR count).